The van der Waals surface area contributed by atoms with Gasteiger partial charge in [0.1, 0.15) is 23.0 Å². The van der Waals surface area contributed by atoms with Crippen molar-refractivity contribution < 1.29 is 4.39 Å². The molecule has 1 aliphatic rings. The molecule has 138 valence electrons. The van der Waals surface area contributed by atoms with Crippen LogP contribution in [0.5, 0.6) is 0 Å². The van der Waals surface area contributed by atoms with Gasteiger partial charge in [0.05, 0.1) is 11.4 Å². The van der Waals surface area contributed by atoms with Crippen molar-refractivity contribution in [3.05, 3.63) is 72.6 Å². The molecule has 27 heavy (non-hydrogen) atoms. The van der Waals surface area contributed by atoms with Crippen molar-refractivity contribution in [1.82, 2.24) is 15.0 Å². The Kier molecular flexibility index (Phi) is 5.48. The Bertz CT molecular complexity index is 884. The maximum atomic E-state index is 14.0. The minimum absolute atomic E-state index is 0.166. The van der Waals surface area contributed by atoms with Crippen molar-refractivity contribution in [3.63, 3.8) is 0 Å². The van der Waals surface area contributed by atoms with Crippen LogP contribution in [0.3, 0.4) is 0 Å². The number of benzene rings is 1. The molecule has 0 aliphatic carbocycles. The highest BCUT2D eigenvalue weighted by molar-refractivity contribution is 7.98. The lowest BCUT2D eigenvalue weighted by Gasteiger charge is -2.36. The molecule has 3 heterocycles. The van der Waals surface area contributed by atoms with Crippen molar-refractivity contribution in [1.29, 1.82) is 0 Å². The van der Waals surface area contributed by atoms with Crippen LogP contribution in [0, 0.1) is 5.82 Å². The Morgan fingerprint density at radius 2 is 1.67 bits per heavy atom. The summed E-state index contributed by atoms with van der Waals surface area (Å²) in [5.74, 6) is 1.53. The highest BCUT2D eigenvalue weighted by Gasteiger charge is 2.20. The maximum absolute atomic E-state index is 14.0. The highest BCUT2D eigenvalue weighted by atomic mass is 32.2. The van der Waals surface area contributed by atoms with Gasteiger partial charge in [-0.2, -0.15) is 0 Å². The summed E-state index contributed by atoms with van der Waals surface area (Å²) in [4.78, 5) is 17.4. The van der Waals surface area contributed by atoms with Crippen LogP contribution in [-0.2, 0) is 5.75 Å². The summed E-state index contributed by atoms with van der Waals surface area (Å²) in [6, 6.07) is 14.9. The molecule has 0 radical (unpaired) electrons. The van der Waals surface area contributed by atoms with E-state index in [-0.39, 0.29) is 5.82 Å². The zero-order valence-corrected chi connectivity index (χ0v) is 15.6. The van der Waals surface area contributed by atoms with Gasteiger partial charge in [0, 0.05) is 44.2 Å². The molecule has 7 heteroatoms. The monoisotopic (exact) mass is 381 g/mol. The fraction of sp³-hybridized carbons (Fsp3) is 0.250. The first-order valence-electron chi connectivity index (χ1n) is 8.89. The van der Waals surface area contributed by atoms with Crippen LogP contribution in [0.2, 0.25) is 0 Å². The van der Waals surface area contributed by atoms with Crippen LogP contribution >= 0.6 is 11.8 Å². The average molecular weight is 381 g/mol. The van der Waals surface area contributed by atoms with E-state index in [1.165, 1.54) is 6.07 Å². The van der Waals surface area contributed by atoms with E-state index in [1.54, 1.807) is 30.4 Å². The van der Waals surface area contributed by atoms with Crippen molar-refractivity contribution >= 4 is 23.3 Å². The lowest BCUT2D eigenvalue weighted by molar-refractivity contribution is 0.595. The average Bonchev–Trinajstić information content (AvgIpc) is 2.74. The molecule has 1 saturated heterocycles. The summed E-state index contributed by atoms with van der Waals surface area (Å²) in [5, 5.41) is 0.933. The van der Waals surface area contributed by atoms with Crippen LogP contribution in [-0.4, -0.2) is 41.1 Å². The molecule has 0 N–H and O–H groups in total. The quantitative estimate of drug-likeness (QED) is 0.497. The molecule has 1 aromatic carbocycles. The molecule has 3 aromatic rings. The van der Waals surface area contributed by atoms with Crippen molar-refractivity contribution in [2.75, 3.05) is 36.0 Å². The summed E-state index contributed by atoms with van der Waals surface area (Å²) in [5.41, 5.74) is 1.70. The number of halogens is 1. The number of pyridine rings is 1. The van der Waals surface area contributed by atoms with E-state index in [1.807, 2.05) is 36.4 Å². The van der Waals surface area contributed by atoms with Gasteiger partial charge in [0.25, 0.3) is 0 Å². The molecule has 0 atom stereocenters. The molecule has 2 aromatic heterocycles. The van der Waals surface area contributed by atoms with E-state index in [9.17, 15) is 4.39 Å². The van der Waals surface area contributed by atoms with Gasteiger partial charge < -0.3 is 9.80 Å². The maximum Gasteiger partial charge on any atom is 0.146 e. The molecular weight excluding hydrogens is 361 g/mol. The predicted molar refractivity (Wildman–Crippen MR) is 107 cm³/mol. The van der Waals surface area contributed by atoms with Gasteiger partial charge in [-0.1, -0.05) is 30.0 Å². The van der Waals surface area contributed by atoms with E-state index in [0.717, 1.165) is 48.5 Å². The van der Waals surface area contributed by atoms with Crippen molar-refractivity contribution in [3.8, 4) is 0 Å². The van der Waals surface area contributed by atoms with E-state index in [0.29, 0.717) is 5.69 Å². The molecular formula is C20H20FN5S. The summed E-state index contributed by atoms with van der Waals surface area (Å²) in [6.45, 7) is 3.13. The first kappa shape index (κ1) is 17.7. The molecule has 0 unspecified atom stereocenters. The number of para-hydroxylation sites is 1. The van der Waals surface area contributed by atoms with Crippen LogP contribution in [0.1, 0.15) is 5.69 Å². The molecule has 0 spiro atoms. The smallest absolute Gasteiger partial charge is 0.146 e. The number of rotatable bonds is 5. The Morgan fingerprint density at radius 1 is 0.889 bits per heavy atom. The van der Waals surface area contributed by atoms with Crippen LogP contribution < -0.4 is 9.80 Å². The first-order valence-corrected chi connectivity index (χ1v) is 9.87. The largest absolute Gasteiger partial charge is 0.366 e. The number of anilines is 2. The summed E-state index contributed by atoms with van der Waals surface area (Å²) >= 11 is 1.65. The van der Waals surface area contributed by atoms with Gasteiger partial charge in [0.2, 0.25) is 0 Å². The fourth-order valence-corrected chi connectivity index (χ4v) is 3.87. The second-order valence-corrected chi connectivity index (χ2v) is 7.25. The molecule has 0 amide bonds. The second kappa shape index (κ2) is 8.35. The van der Waals surface area contributed by atoms with E-state index in [4.69, 9.17) is 0 Å². The third kappa shape index (κ3) is 4.36. The van der Waals surface area contributed by atoms with Crippen molar-refractivity contribution in [2.45, 2.75) is 10.8 Å². The van der Waals surface area contributed by atoms with Crippen molar-refractivity contribution in [2.24, 2.45) is 0 Å². The molecule has 0 bridgehead atoms. The summed E-state index contributed by atoms with van der Waals surface area (Å²) < 4.78 is 14.0. The molecule has 1 aliphatic heterocycles. The zero-order valence-electron chi connectivity index (χ0n) is 14.8. The number of hydrogen-bond donors (Lipinski definition) is 0. The minimum Gasteiger partial charge on any atom is -0.366 e. The summed E-state index contributed by atoms with van der Waals surface area (Å²) in [6.07, 6.45) is 3.41. The van der Waals surface area contributed by atoms with E-state index in [2.05, 4.69) is 24.8 Å². The number of aromatic nitrogens is 3. The third-order valence-corrected chi connectivity index (χ3v) is 5.48. The van der Waals surface area contributed by atoms with Gasteiger partial charge in [-0.3, -0.25) is 4.98 Å². The molecule has 1 fully saturated rings. The number of hydrogen-bond acceptors (Lipinski definition) is 6. The highest BCUT2D eigenvalue weighted by Crippen LogP contribution is 2.25. The second-order valence-electron chi connectivity index (χ2n) is 6.25. The van der Waals surface area contributed by atoms with Gasteiger partial charge in [-0.05, 0) is 24.3 Å². The lowest BCUT2D eigenvalue weighted by atomic mass is 10.2. The van der Waals surface area contributed by atoms with Crippen LogP contribution in [0.25, 0.3) is 0 Å². The standard InChI is InChI=1S/C20H20FN5S/c21-17-6-1-2-7-18(17)25-9-11-26(12-10-25)19-13-20(24-15-23-19)27-14-16-5-3-4-8-22-16/h1-8,13,15H,9-12,14H2. The van der Waals surface area contributed by atoms with E-state index >= 15 is 0 Å². The fourth-order valence-electron chi connectivity index (χ4n) is 3.10. The first-order chi connectivity index (χ1) is 13.3. The Labute approximate surface area is 162 Å². The molecule has 0 saturated carbocycles. The SMILES string of the molecule is Fc1ccccc1N1CCN(c2cc(SCc3ccccn3)ncn2)CC1. The van der Waals surface area contributed by atoms with Gasteiger partial charge in [0.15, 0.2) is 0 Å². The number of piperazine rings is 1. The van der Waals surface area contributed by atoms with Gasteiger partial charge in [-0.25, -0.2) is 14.4 Å². The van der Waals surface area contributed by atoms with Crippen LogP contribution in [0.4, 0.5) is 15.9 Å². The summed E-state index contributed by atoms with van der Waals surface area (Å²) in [7, 11) is 0. The number of nitrogens with zero attached hydrogens (tertiary/aromatic N) is 5. The minimum atomic E-state index is -0.166. The van der Waals surface area contributed by atoms with Crippen LogP contribution in [0.15, 0.2) is 66.1 Å². The number of thioether (sulfide) groups is 1. The van der Waals surface area contributed by atoms with Gasteiger partial charge >= 0.3 is 0 Å². The normalized spacial score (nSPS) is 14.4. The zero-order chi connectivity index (χ0) is 18.5. The molecule has 5 nitrogen and oxygen atoms in total. The molecule has 4 rings (SSSR count). The Morgan fingerprint density at radius 3 is 2.44 bits per heavy atom. The Hall–Kier alpha value is -2.67. The Balaban J connectivity index is 1.38. The van der Waals surface area contributed by atoms with E-state index < -0.39 is 0 Å². The van der Waals surface area contributed by atoms with Gasteiger partial charge in [-0.15, -0.1) is 0 Å². The topological polar surface area (TPSA) is 45.2 Å². The lowest BCUT2D eigenvalue weighted by Crippen LogP contribution is -2.47. The third-order valence-electron chi connectivity index (χ3n) is 4.52. The predicted octanol–water partition coefficient (Wildman–Crippen LogP) is 3.63.